The van der Waals surface area contributed by atoms with Crippen molar-refractivity contribution >= 4 is 5.82 Å². The van der Waals surface area contributed by atoms with Crippen LogP contribution >= 0.6 is 0 Å². The molecular formula is C17H18F3N3O. The van der Waals surface area contributed by atoms with E-state index in [2.05, 4.69) is 15.3 Å². The second-order valence-corrected chi connectivity index (χ2v) is 6.03. The minimum Gasteiger partial charge on any atom is -0.393 e. The molecule has 1 aliphatic rings. The quantitative estimate of drug-likeness (QED) is 0.878. The summed E-state index contributed by atoms with van der Waals surface area (Å²) in [5, 5.41) is 12.5. The number of rotatable bonds is 5. The van der Waals surface area contributed by atoms with Crippen LogP contribution in [-0.4, -0.2) is 27.7 Å². The average Bonchev–Trinajstić information content (AvgIpc) is 2.52. The molecule has 1 aliphatic carbocycles. The molecule has 0 saturated heterocycles. The van der Waals surface area contributed by atoms with E-state index in [0.717, 1.165) is 11.8 Å². The van der Waals surface area contributed by atoms with E-state index in [0.29, 0.717) is 37.2 Å². The Labute approximate surface area is 137 Å². The lowest BCUT2D eigenvalue weighted by molar-refractivity contribution is -0.137. The first kappa shape index (κ1) is 16.7. The molecule has 2 aromatic rings. The van der Waals surface area contributed by atoms with Gasteiger partial charge < -0.3 is 10.4 Å². The van der Waals surface area contributed by atoms with Gasteiger partial charge in [0, 0.05) is 24.2 Å². The molecule has 2 N–H and O–H groups in total. The van der Waals surface area contributed by atoms with Crippen LogP contribution in [0.1, 0.15) is 35.6 Å². The van der Waals surface area contributed by atoms with Crippen LogP contribution in [0.15, 0.2) is 36.7 Å². The Morgan fingerprint density at radius 3 is 2.67 bits per heavy atom. The van der Waals surface area contributed by atoms with Crippen molar-refractivity contribution in [3.63, 3.8) is 0 Å². The normalized spacial score (nSPS) is 20.5. The third kappa shape index (κ3) is 4.03. The van der Waals surface area contributed by atoms with Crippen molar-refractivity contribution in [2.75, 3.05) is 11.9 Å². The monoisotopic (exact) mass is 337 g/mol. The molecule has 1 fully saturated rings. The SMILES string of the molecule is OC1CC(c2cc(NCCc3cccc(C(F)(F)F)c3)ncn2)C1. The number of aromatic nitrogens is 2. The van der Waals surface area contributed by atoms with Crippen LogP contribution in [0.25, 0.3) is 0 Å². The Bertz CT molecular complexity index is 699. The second-order valence-electron chi connectivity index (χ2n) is 6.03. The highest BCUT2D eigenvalue weighted by molar-refractivity contribution is 5.37. The Morgan fingerprint density at radius 2 is 1.96 bits per heavy atom. The highest BCUT2D eigenvalue weighted by Crippen LogP contribution is 2.36. The molecule has 0 unspecified atom stereocenters. The number of aliphatic hydroxyl groups excluding tert-OH is 1. The Balaban J connectivity index is 1.56. The zero-order valence-electron chi connectivity index (χ0n) is 12.9. The van der Waals surface area contributed by atoms with Gasteiger partial charge in [0.25, 0.3) is 0 Å². The van der Waals surface area contributed by atoms with Crippen LogP contribution in [-0.2, 0) is 12.6 Å². The number of nitrogens with one attached hydrogen (secondary N) is 1. The molecule has 0 amide bonds. The maximum atomic E-state index is 12.7. The minimum atomic E-state index is -4.32. The summed E-state index contributed by atoms with van der Waals surface area (Å²) < 4.78 is 38.1. The first-order valence-corrected chi connectivity index (χ1v) is 7.82. The molecule has 128 valence electrons. The highest BCUT2D eigenvalue weighted by atomic mass is 19.4. The molecule has 1 heterocycles. The van der Waals surface area contributed by atoms with Gasteiger partial charge in [-0.2, -0.15) is 13.2 Å². The van der Waals surface area contributed by atoms with E-state index >= 15 is 0 Å². The number of hydrogen-bond acceptors (Lipinski definition) is 4. The molecule has 7 heteroatoms. The van der Waals surface area contributed by atoms with Crippen molar-refractivity contribution in [3.05, 3.63) is 53.5 Å². The van der Waals surface area contributed by atoms with Crippen molar-refractivity contribution in [2.45, 2.75) is 37.5 Å². The number of anilines is 1. The third-order valence-electron chi connectivity index (χ3n) is 4.19. The van der Waals surface area contributed by atoms with Crippen LogP contribution in [0, 0.1) is 0 Å². The van der Waals surface area contributed by atoms with Crippen molar-refractivity contribution < 1.29 is 18.3 Å². The summed E-state index contributed by atoms with van der Waals surface area (Å²) in [4.78, 5) is 8.34. The molecule has 1 aromatic heterocycles. The number of nitrogens with zero attached hydrogens (tertiary/aromatic N) is 2. The fourth-order valence-electron chi connectivity index (χ4n) is 2.76. The van der Waals surface area contributed by atoms with Crippen molar-refractivity contribution in [3.8, 4) is 0 Å². The number of aliphatic hydroxyl groups is 1. The number of hydrogen-bond donors (Lipinski definition) is 2. The number of benzene rings is 1. The van der Waals surface area contributed by atoms with Crippen LogP contribution in [0.4, 0.5) is 19.0 Å². The van der Waals surface area contributed by atoms with Gasteiger partial charge in [-0.15, -0.1) is 0 Å². The minimum absolute atomic E-state index is 0.248. The van der Waals surface area contributed by atoms with E-state index in [1.165, 1.54) is 18.5 Å². The summed E-state index contributed by atoms with van der Waals surface area (Å²) >= 11 is 0. The van der Waals surface area contributed by atoms with Gasteiger partial charge in [-0.25, -0.2) is 9.97 Å². The largest absolute Gasteiger partial charge is 0.416 e. The van der Waals surface area contributed by atoms with E-state index in [1.807, 2.05) is 6.07 Å². The summed E-state index contributed by atoms with van der Waals surface area (Å²) in [5.74, 6) is 0.903. The van der Waals surface area contributed by atoms with Gasteiger partial charge in [-0.1, -0.05) is 18.2 Å². The van der Waals surface area contributed by atoms with E-state index in [9.17, 15) is 18.3 Å². The first-order chi connectivity index (χ1) is 11.4. The van der Waals surface area contributed by atoms with Crippen LogP contribution in [0.3, 0.4) is 0 Å². The molecular weight excluding hydrogens is 319 g/mol. The van der Waals surface area contributed by atoms with Crippen LogP contribution in [0.2, 0.25) is 0 Å². The topological polar surface area (TPSA) is 58.0 Å². The Morgan fingerprint density at radius 1 is 1.17 bits per heavy atom. The Kier molecular flexibility index (Phi) is 4.71. The highest BCUT2D eigenvalue weighted by Gasteiger charge is 2.30. The molecule has 0 spiro atoms. The molecule has 3 rings (SSSR count). The zero-order chi connectivity index (χ0) is 17.2. The van der Waals surface area contributed by atoms with Crippen LogP contribution in [0.5, 0.6) is 0 Å². The predicted molar refractivity (Wildman–Crippen MR) is 83.7 cm³/mol. The second kappa shape index (κ2) is 6.76. The van der Waals surface area contributed by atoms with Crippen molar-refractivity contribution in [1.82, 2.24) is 9.97 Å². The summed E-state index contributed by atoms with van der Waals surface area (Å²) in [6.07, 6.45) is -1.22. The smallest absolute Gasteiger partial charge is 0.393 e. The van der Waals surface area contributed by atoms with Gasteiger partial charge >= 0.3 is 6.18 Å². The summed E-state index contributed by atoms with van der Waals surface area (Å²) in [6.45, 7) is 0.477. The lowest BCUT2D eigenvalue weighted by Crippen LogP contribution is -2.27. The fourth-order valence-corrected chi connectivity index (χ4v) is 2.76. The molecule has 1 saturated carbocycles. The number of alkyl halides is 3. The lowest BCUT2D eigenvalue weighted by Gasteiger charge is -2.30. The van der Waals surface area contributed by atoms with E-state index in [4.69, 9.17) is 0 Å². The van der Waals surface area contributed by atoms with Gasteiger partial charge in [0.1, 0.15) is 12.1 Å². The molecule has 1 aromatic carbocycles. The predicted octanol–water partition coefficient (Wildman–Crippen LogP) is 3.39. The average molecular weight is 337 g/mol. The summed E-state index contributed by atoms with van der Waals surface area (Å²) in [5.41, 5.74) is 0.874. The van der Waals surface area contributed by atoms with Crippen LogP contribution < -0.4 is 5.32 Å². The third-order valence-corrected chi connectivity index (χ3v) is 4.19. The molecule has 0 bridgehead atoms. The van der Waals surface area contributed by atoms with Gasteiger partial charge in [-0.05, 0) is 30.9 Å². The van der Waals surface area contributed by atoms with E-state index in [1.54, 1.807) is 6.07 Å². The van der Waals surface area contributed by atoms with E-state index in [-0.39, 0.29) is 12.0 Å². The molecule has 24 heavy (non-hydrogen) atoms. The van der Waals surface area contributed by atoms with Gasteiger partial charge in [0.05, 0.1) is 11.7 Å². The maximum Gasteiger partial charge on any atom is 0.416 e. The first-order valence-electron chi connectivity index (χ1n) is 7.82. The summed E-state index contributed by atoms with van der Waals surface area (Å²) in [6, 6.07) is 7.17. The molecule has 0 atom stereocenters. The molecule has 4 nitrogen and oxygen atoms in total. The Hall–Kier alpha value is -2.15. The standard InChI is InChI=1S/C17H18F3N3O/c18-17(19,20)13-3-1-2-11(6-13)4-5-21-16-9-15(22-10-23-16)12-7-14(24)8-12/h1-3,6,9-10,12,14,24H,4-5,7-8H2,(H,21,22,23). The maximum absolute atomic E-state index is 12.7. The van der Waals surface area contributed by atoms with Crippen molar-refractivity contribution in [2.24, 2.45) is 0 Å². The number of halogens is 3. The fraction of sp³-hybridized carbons (Fsp3) is 0.412. The molecule has 0 radical (unpaired) electrons. The lowest BCUT2D eigenvalue weighted by atomic mass is 9.80. The molecule has 0 aliphatic heterocycles. The van der Waals surface area contributed by atoms with Crippen molar-refractivity contribution in [1.29, 1.82) is 0 Å². The van der Waals surface area contributed by atoms with E-state index < -0.39 is 11.7 Å². The van der Waals surface area contributed by atoms with Gasteiger partial charge in [0.15, 0.2) is 0 Å². The van der Waals surface area contributed by atoms with Gasteiger partial charge in [0.2, 0.25) is 0 Å². The van der Waals surface area contributed by atoms with Gasteiger partial charge in [-0.3, -0.25) is 0 Å². The summed E-state index contributed by atoms with van der Waals surface area (Å²) in [7, 11) is 0. The zero-order valence-corrected chi connectivity index (χ0v) is 12.9.